The second-order valence-corrected chi connectivity index (χ2v) is 5.85. The first-order valence-corrected chi connectivity index (χ1v) is 7.92. The highest BCUT2D eigenvalue weighted by Crippen LogP contribution is 2.36. The van der Waals surface area contributed by atoms with Crippen LogP contribution in [0.5, 0.6) is 11.5 Å². The Bertz CT molecular complexity index is 725. The molecule has 0 aromatic heterocycles. The molecule has 2 heterocycles. The molecule has 2 aliphatic rings. The van der Waals surface area contributed by atoms with Gasteiger partial charge in [0.1, 0.15) is 0 Å². The number of benzene rings is 1. The predicted octanol–water partition coefficient (Wildman–Crippen LogP) is 3.06. The van der Waals surface area contributed by atoms with Crippen molar-refractivity contribution in [3.8, 4) is 11.5 Å². The average molecular weight is 328 g/mol. The fourth-order valence-electron chi connectivity index (χ4n) is 2.21. The maximum absolute atomic E-state index is 12.5. The van der Waals surface area contributed by atoms with Crippen LogP contribution < -0.4 is 9.47 Å². The largest absolute Gasteiger partial charge is 0.454 e. The van der Waals surface area contributed by atoms with Gasteiger partial charge in [-0.25, -0.2) is 0 Å². The van der Waals surface area contributed by atoms with Gasteiger partial charge in [-0.3, -0.25) is 14.7 Å². The maximum Gasteiger partial charge on any atom is 0.267 e. The Kier molecular flexibility index (Phi) is 4.52. The van der Waals surface area contributed by atoms with Gasteiger partial charge in [0.15, 0.2) is 16.7 Å². The van der Waals surface area contributed by atoms with E-state index < -0.39 is 0 Å². The van der Waals surface area contributed by atoms with Gasteiger partial charge in [-0.15, -0.1) is 13.2 Å². The number of hydrogen-bond donors (Lipinski definition) is 0. The van der Waals surface area contributed by atoms with E-state index in [1.807, 2.05) is 24.3 Å². The minimum Gasteiger partial charge on any atom is -0.454 e. The molecule has 0 atom stereocenters. The molecule has 6 heteroatoms. The lowest BCUT2D eigenvalue weighted by Gasteiger charge is -2.12. The van der Waals surface area contributed by atoms with Crippen molar-refractivity contribution in [2.24, 2.45) is 4.99 Å². The number of amidine groups is 1. The monoisotopic (exact) mass is 328 g/mol. The molecule has 0 radical (unpaired) electrons. The third kappa shape index (κ3) is 3.17. The lowest BCUT2D eigenvalue weighted by atomic mass is 10.2. The molecule has 3 rings (SSSR count). The summed E-state index contributed by atoms with van der Waals surface area (Å²) < 4.78 is 10.7. The fraction of sp³-hybridized carbons (Fsp3) is 0.176. The van der Waals surface area contributed by atoms with Crippen LogP contribution in [0.15, 0.2) is 53.4 Å². The number of thioether (sulfide) groups is 1. The van der Waals surface area contributed by atoms with Crippen LogP contribution >= 0.6 is 11.8 Å². The number of fused-ring (bicyclic) bond motifs is 1. The predicted molar refractivity (Wildman–Crippen MR) is 92.5 cm³/mol. The van der Waals surface area contributed by atoms with E-state index in [9.17, 15) is 4.79 Å². The van der Waals surface area contributed by atoms with Gasteiger partial charge in [-0.1, -0.05) is 18.2 Å². The molecular formula is C17H16N2O3S. The highest BCUT2D eigenvalue weighted by atomic mass is 32.2. The van der Waals surface area contributed by atoms with Crippen LogP contribution in [-0.4, -0.2) is 35.9 Å². The van der Waals surface area contributed by atoms with Gasteiger partial charge < -0.3 is 9.47 Å². The van der Waals surface area contributed by atoms with Gasteiger partial charge in [0.2, 0.25) is 6.79 Å². The van der Waals surface area contributed by atoms with Crippen LogP contribution in [0.2, 0.25) is 0 Å². The molecule has 0 spiro atoms. The van der Waals surface area contributed by atoms with Crippen LogP contribution in [0.3, 0.4) is 0 Å². The van der Waals surface area contributed by atoms with Crippen molar-refractivity contribution in [3.05, 3.63) is 54.0 Å². The maximum atomic E-state index is 12.5. The van der Waals surface area contributed by atoms with Crippen molar-refractivity contribution in [2.75, 3.05) is 19.9 Å². The van der Waals surface area contributed by atoms with E-state index in [4.69, 9.17) is 9.47 Å². The Balaban J connectivity index is 1.88. The smallest absolute Gasteiger partial charge is 0.267 e. The van der Waals surface area contributed by atoms with E-state index in [0.717, 1.165) is 11.3 Å². The van der Waals surface area contributed by atoms with E-state index in [2.05, 4.69) is 18.2 Å². The Morgan fingerprint density at radius 3 is 2.87 bits per heavy atom. The molecule has 23 heavy (non-hydrogen) atoms. The first-order chi connectivity index (χ1) is 11.2. The van der Waals surface area contributed by atoms with E-state index in [0.29, 0.717) is 28.9 Å². The van der Waals surface area contributed by atoms with Crippen LogP contribution in [0.25, 0.3) is 6.08 Å². The molecular weight excluding hydrogens is 312 g/mol. The van der Waals surface area contributed by atoms with Gasteiger partial charge in [-0.05, 0) is 35.5 Å². The molecule has 0 N–H and O–H groups in total. The topological polar surface area (TPSA) is 51.1 Å². The normalized spacial score (nSPS) is 19.7. The summed E-state index contributed by atoms with van der Waals surface area (Å²) >= 11 is 1.35. The van der Waals surface area contributed by atoms with Gasteiger partial charge >= 0.3 is 0 Å². The van der Waals surface area contributed by atoms with Crippen molar-refractivity contribution in [3.63, 3.8) is 0 Å². The SMILES string of the molecule is C=CCN=C1SC(=Cc2ccc3c(c2)OCO3)C(=O)N1CC=C. The van der Waals surface area contributed by atoms with Crippen LogP contribution in [-0.2, 0) is 4.79 Å². The van der Waals surface area contributed by atoms with Gasteiger partial charge in [0.25, 0.3) is 5.91 Å². The van der Waals surface area contributed by atoms with Crippen molar-refractivity contribution in [1.29, 1.82) is 0 Å². The number of hydrogen-bond acceptors (Lipinski definition) is 5. The molecule has 0 bridgehead atoms. The molecule has 1 amide bonds. The van der Waals surface area contributed by atoms with E-state index in [1.165, 1.54) is 11.8 Å². The summed E-state index contributed by atoms with van der Waals surface area (Å²) in [6, 6.07) is 5.60. The summed E-state index contributed by atoms with van der Waals surface area (Å²) in [6.45, 7) is 8.48. The number of ether oxygens (including phenoxy) is 2. The number of carbonyl (C=O) groups excluding carboxylic acids is 1. The lowest BCUT2D eigenvalue weighted by molar-refractivity contribution is -0.121. The van der Waals surface area contributed by atoms with Crippen molar-refractivity contribution in [1.82, 2.24) is 4.90 Å². The van der Waals surface area contributed by atoms with Gasteiger partial charge in [0, 0.05) is 6.54 Å². The average Bonchev–Trinajstić information content (AvgIpc) is 3.12. The van der Waals surface area contributed by atoms with Crippen LogP contribution in [0.4, 0.5) is 0 Å². The summed E-state index contributed by atoms with van der Waals surface area (Å²) in [5.41, 5.74) is 0.883. The van der Waals surface area contributed by atoms with Gasteiger partial charge in [0.05, 0.1) is 11.4 Å². The van der Waals surface area contributed by atoms with E-state index in [1.54, 1.807) is 17.1 Å². The molecule has 1 fully saturated rings. The Labute approximate surface area is 139 Å². The molecule has 1 aromatic rings. The molecule has 0 saturated carbocycles. The second-order valence-electron chi connectivity index (χ2n) is 4.84. The molecule has 1 saturated heterocycles. The minimum absolute atomic E-state index is 0.0737. The number of amides is 1. The minimum atomic E-state index is -0.0737. The standard InChI is InChI=1S/C17H16N2O3S/c1-3-7-18-17-19(8-4-2)16(20)15(23-17)10-12-5-6-13-14(9-12)22-11-21-13/h3-6,9-10H,1-2,7-8,11H2. The fourth-order valence-corrected chi connectivity index (χ4v) is 3.21. The van der Waals surface area contributed by atoms with Gasteiger partial charge in [-0.2, -0.15) is 0 Å². The third-order valence-electron chi connectivity index (χ3n) is 3.25. The number of rotatable bonds is 5. The Morgan fingerprint density at radius 1 is 1.26 bits per heavy atom. The summed E-state index contributed by atoms with van der Waals surface area (Å²) in [5.74, 6) is 1.34. The number of aliphatic imine (C=N–C) groups is 1. The first-order valence-electron chi connectivity index (χ1n) is 7.10. The molecule has 0 unspecified atom stereocenters. The Hall–Kier alpha value is -2.47. The quantitative estimate of drug-likeness (QED) is 0.616. The summed E-state index contributed by atoms with van der Waals surface area (Å²) in [5, 5.41) is 0.668. The van der Waals surface area contributed by atoms with Crippen molar-refractivity contribution >= 4 is 28.9 Å². The van der Waals surface area contributed by atoms with E-state index in [-0.39, 0.29) is 12.7 Å². The molecule has 1 aromatic carbocycles. The molecule has 2 aliphatic heterocycles. The zero-order valence-corrected chi connectivity index (χ0v) is 13.3. The third-order valence-corrected chi connectivity index (χ3v) is 4.29. The molecule has 0 aliphatic carbocycles. The molecule has 118 valence electrons. The highest BCUT2D eigenvalue weighted by molar-refractivity contribution is 8.18. The summed E-state index contributed by atoms with van der Waals surface area (Å²) in [7, 11) is 0. The zero-order chi connectivity index (χ0) is 16.2. The van der Waals surface area contributed by atoms with Crippen molar-refractivity contribution < 1.29 is 14.3 Å². The summed E-state index contributed by atoms with van der Waals surface area (Å²) in [6.07, 6.45) is 5.22. The first kappa shape index (κ1) is 15.4. The second kappa shape index (κ2) is 6.75. The van der Waals surface area contributed by atoms with Crippen molar-refractivity contribution in [2.45, 2.75) is 0 Å². The van der Waals surface area contributed by atoms with Crippen LogP contribution in [0, 0.1) is 0 Å². The summed E-state index contributed by atoms with van der Waals surface area (Å²) in [4.78, 5) is 19.1. The van der Waals surface area contributed by atoms with Crippen LogP contribution in [0.1, 0.15) is 5.56 Å². The Morgan fingerprint density at radius 2 is 2.09 bits per heavy atom. The lowest BCUT2D eigenvalue weighted by Crippen LogP contribution is -2.29. The molecule has 5 nitrogen and oxygen atoms in total. The zero-order valence-electron chi connectivity index (χ0n) is 12.5. The van der Waals surface area contributed by atoms with E-state index >= 15 is 0 Å². The number of nitrogens with zero attached hydrogens (tertiary/aromatic N) is 2. The highest BCUT2D eigenvalue weighted by Gasteiger charge is 2.32. The number of carbonyl (C=O) groups is 1.